The predicted octanol–water partition coefficient (Wildman–Crippen LogP) is 1.81. The van der Waals surface area contributed by atoms with Crippen molar-refractivity contribution in [1.29, 1.82) is 0 Å². The van der Waals surface area contributed by atoms with Crippen molar-refractivity contribution in [1.82, 2.24) is 4.31 Å². The third kappa shape index (κ3) is 2.01. The summed E-state index contributed by atoms with van der Waals surface area (Å²) in [7, 11) is -1.78. The summed E-state index contributed by atoms with van der Waals surface area (Å²) in [6.07, 6.45) is 3.25. The first-order valence-corrected chi connectivity index (χ1v) is 8.20. The number of hydrogen-bond acceptors (Lipinski definition) is 3. The van der Waals surface area contributed by atoms with Crippen molar-refractivity contribution in [3.63, 3.8) is 0 Å². The minimum Gasteiger partial charge on any atom is -0.296 e. The topological polar surface area (TPSA) is 54.5 Å². The number of hydrogen-bond donors (Lipinski definition) is 0. The van der Waals surface area contributed by atoms with Crippen LogP contribution >= 0.6 is 0 Å². The second-order valence-corrected chi connectivity index (χ2v) is 8.82. The zero-order valence-electron chi connectivity index (χ0n) is 11.7. The Bertz CT molecular complexity index is 453. The molecule has 104 valence electrons. The number of nitrogens with zero attached hydrogens (tertiary/aromatic N) is 1. The van der Waals surface area contributed by atoms with Gasteiger partial charge >= 0.3 is 0 Å². The molecule has 0 aromatic heterocycles. The van der Waals surface area contributed by atoms with Gasteiger partial charge in [0.1, 0.15) is 5.75 Å². The zero-order valence-corrected chi connectivity index (χ0v) is 12.5. The van der Waals surface area contributed by atoms with Crippen LogP contribution in [-0.4, -0.2) is 36.8 Å². The maximum atomic E-state index is 12.1. The number of ketones is 1. The highest BCUT2D eigenvalue weighted by Gasteiger charge is 2.55. The van der Waals surface area contributed by atoms with Crippen LogP contribution in [0.3, 0.4) is 0 Å². The molecule has 0 N–H and O–H groups in total. The van der Waals surface area contributed by atoms with E-state index in [4.69, 9.17) is 0 Å². The van der Waals surface area contributed by atoms with E-state index in [1.54, 1.807) is 7.05 Å². The van der Waals surface area contributed by atoms with Crippen molar-refractivity contribution >= 4 is 15.8 Å². The highest BCUT2D eigenvalue weighted by Crippen LogP contribution is 2.46. The molecule has 1 aliphatic carbocycles. The highest BCUT2D eigenvalue weighted by molar-refractivity contribution is 7.90. The summed E-state index contributed by atoms with van der Waals surface area (Å²) in [5.41, 5.74) is -0.485. The van der Waals surface area contributed by atoms with Crippen LogP contribution in [0.2, 0.25) is 0 Å². The molecule has 18 heavy (non-hydrogen) atoms. The first-order valence-electron chi connectivity index (χ1n) is 6.60. The molecule has 0 bridgehead atoms. The molecule has 5 heteroatoms. The number of Topliss-reactive ketones (excluding diaryl/α,β-unsaturated/α-hetero) is 1. The Kier molecular flexibility index (Phi) is 3.14. The lowest BCUT2D eigenvalue weighted by molar-refractivity contribution is -0.126. The van der Waals surface area contributed by atoms with Gasteiger partial charge in [-0.3, -0.25) is 4.79 Å². The van der Waals surface area contributed by atoms with Crippen LogP contribution < -0.4 is 0 Å². The molecule has 2 rings (SSSR count). The maximum absolute atomic E-state index is 12.1. The quantitative estimate of drug-likeness (QED) is 0.676. The molecule has 2 aliphatic rings. The molecule has 0 amide bonds. The van der Waals surface area contributed by atoms with Crippen LogP contribution in [-0.2, 0) is 14.8 Å². The third-order valence-electron chi connectivity index (χ3n) is 4.89. The van der Waals surface area contributed by atoms with Crippen LogP contribution in [0.15, 0.2) is 0 Å². The zero-order chi connectivity index (χ0) is 13.8. The van der Waals surface area contributed by atoms with E-state index in [0.29, 0.717) is 18.8 Å². The van der Waals surface area contributed by atoms with Gasteiger partial charge in [0.25, 0.3) is 0 Å². The van der Waals surface area contributed by atoms with Crippen LogP contribution in [0.1, 0.15) is 46.5 Å². The van der Waals surface area contributed by atoms with Gasteiger partial charge in [-0.15, -0.1) is 0 Å². The Morgan fingerprint density at radius 1 is 1.22 bits per heavy atom. The monoisotopic (exact) mass is 273 g/mol. The summed E-state index contributed by atoms with van der Waals surface area (Å²) in [6.45, 7) is 6.64. The van der Waals surface area contributed by atoms with Gasteiger partial charge in [-0.05, 0) is 37.0 Å². The lowest BCUT2D eigenvalue weighted by Crippen LogP contribution is -2.50. The first-order chi connectivity index (χ1) is 8.09. The molecule has 0 aromatic carbocycles. The molecule has 1 aliphatic heterocycles. The van der Waals surface area contributed by atoms with Crippen molar-refractivity contribution in [2.24, 2.45) is 11.3 Å². The van der Waals surface area contributed by atoms with Crippen LogP contribution in [0, 0.1) is 11.3 Å². The number of likely N-dealkylation sites (N-methyl/N-ethyl adjacent to an activating group) is 1. The molecule has 1 heterocycles. The molecular weight excluding hydrogens is 250 g/mol. The molecule has 1 spiro atoms. The predicted molar refractivity (Wildman–Crippen MR) is 70.7 cm³/mol. The lowest BCUT2D eigenvalue weighted by atomic mass is 9.66. The second-order valence-electron chi connectivity index (χ2n) is 6.82. The Hall–Kier alpha value is -0.420. The summed E-state index contributed by atoms with van der Waals surface area (Å²) in [6, 6.07) is 0. The van der Waals surface area contributed by atoms with Crippen molar-refractivity contribution in [2.45, 2.75) is 52.0 Å². The van der Waals surface area contributed by atoms with E-state index in [0.717, 1.165) is 12.8 Å². The number of rotatable bonds is 0. The minimum atomic E-state index is -3.35. The van der Waals surface area contributed by atoms with E-state index in [-0.39, 0.29) is 17.0 Å². The summed E-state index contributed by atoms with van der Waals surface area (Å²) < 4.78 is 25.0. The third-order valence-corrected chi connectivity index (χ3v) is 6.70. The Balaban J connectivity index is 2.21. The molecular formula is C13H23NO3S. The molecule has 2 fully saturated rings. The standard InChI is InChI=1S/C13H23NO3S/c1-12(2,3)10-5-7-13(8-6-10)11(15)9-18(16,17)14(13)4/h10H,5-9H2,1-4H3. The number of carbonyl (C=O) groups excluding carboxylic acids is 1. The fraction of sp³-hybridized carbons (Fsp3) is 0.923. The number of sulfonamides is 1. The van der Waals surface area contributed by atoms with Crippen molar-refractivity contribution in [3.8, 4) is 0 Å². The van der Waals surface area contributed by atoms with E-state index in [1.165, 1.54) is 4.31 Å². The molecule has 1 saturated carbocycles. The average molecular weight is 273 g/mol. The molecule has 1 saturated heterocycles. The minimum absolute atomic E-state index is 0.0997. The molecule has 0 atom stereocenters. The summed E-state index contributed by atoms with van der Waals surface area (Å²) in [5, 5.41) is 0. The fourth-order valence-corrected chi connectivity index (χ4v) is 5.00. The van der Waals surface area contributed by atoms with Gasteiger partial charge in [-0.25, -0.2) is 8.42 Å². The van der Waals surface area contributed by atoms with Crippen molar-refractivity contribution in [3.05, 3.63) is 0 Å². The Morgan fingerprint density at radius 3 is 2.06 bits per heavy atom. The highest BCUT2D eigenvalue weighted by atomic mass is 32.2. The van der Waals surface area contributed by atoms with E-state index in [2.05, 4.69) is 20.8 Å². The largest absolute Gasteiger partial charge is 0.296 e. The molecule has 0 radical (unpaired) electrons. The van der Waals surface area contributed by atoms with Gasteiger partial charge in [0, 0.05) is 7.05 Å². The fourth-order valence-electron chi connectivity index (χ4n) is 3.39. The van der Waals surface area contributed by atoms with Gasteiger partial charge in [0.05, 0.1) is 5.54 Å². The summed E-state index contributed by atoms with van der Waals surface area (Å²) in [4.78, 5) is 12.1. The van der Waals surface area contributed by atoms with E-state index in [1.807, 2.05) is 0 Å². The van der Waals surface area contributed by atoms with E-state index in [9.17, 15) is 13.2 Å². The molecule has 0 unspecified atom stereocenters. The van der Waals surface area contributed by atoms with Gasteiger partial charge < -0.3 is 0 Å². The Morgan fingerprint density at radius 2 is 1.72 bits per heavy atom. The van der Waals surface area contributed by atoms with Crippen molar-refractivity contribution < 1.29 is 13.2 Å². The molecule has 0 aromatic rings. The summed E-state index contributed by atoms with van der Waals surface area (Å²) in [5.74, 6) is 0.175. The summed E-state index contributed by atoms with van der Waals surface area (Å²) >= 11 is 0. The van der Waals surface area contributed by atoms with Gasteiger partial charge in [-0.2, -0.15) is 4.31 Å². The number of carbonyl (C=O) groups is 1. The van der Waals surface area contributed by atoms with E-state index < -0.39 is 15.6 Å². The smallest absolute Gasteiger partial charge is 0.221 e. The van der Waals surface area contributed by atoms with E-state index >= 15 is 0 Å². The van der Waals surface area contributed by atoms with Crippen LogP contribution in [0.25, 0.3) is 0 Å². The van der Waals surface area contributed by atoms with Crippen molar-refractivity contribution in [2.75, 3.05) is 12.8 Å². The maximum Gasteiger partial charge on any atom is 0.221 e. The lowest BCUT2D eigenvalue weighted by Gasteiger charge is -2.43. The Labute approximate surface area is 110 Å². The van der Waals surface area contributed by atoms with Crippen LogP contribution in [0.5, 0.6) is 0 Å². The first kappa shape index (κ1) is 14.0. The SMILES string of the molecule is CN1C2(CCC(C(C)(C)C)CC2)C(=O)CS1(=O)=O. The van der Waals surface area contributed by atoms with Gasteiger partial charge in [0.2, 0.25) is 10.0 Å². The van der Waals surface area contributed by atoms with Crippen LogP contribution in [0.4, 0.5) is 0 Å². The second kappa shape index (κ2) is 4.04. The normalized spacial score (nSPS) is 37.3. The van der Waals surface area contributed by atoms with Gasteiger partial charge in [0.15, 0.2) is 5.78 Å². The average Bonchev–Trinajstić information content (AvgIpc) is 2.40. The molecule has 4 nitrogen and oxygen atoms in total. The van der Waals surface area contributed by atoms with Gasteiger partial charge in [-0.1, -0.05) is 20.8 Å².